The van der Waals surface area contributed by atoms with Crippen molar-refractivity contribution in [3.8, 4) is 0 Å². The van der Waals surface area contributed by atoms with Crippen molar-refractivity contribution >= 4 is 50.1 Å². The molecule has 0 saturated carbocycles. The first kappa shape index (κ1) is 14.5. The van der Waals surface area contributed by atoms with Crippen LogP contribution in [0.1, 0.15) is 15.9 Å². The quantitative estimate of drug-likeness (QED) is 0.680. The van der Waals surface area contributed by atoms with E-state index in [4.69, 9.17) is 0 Å². The molecule has 0 spiro atoms. The Hall–Kier alpha value is -0.950. The maximum absolute atomic E-state index is 13.4. The van der Waals surface area contributed by atoms with Crippen molar-refractivity contribution in [1.82, 2.24) is 0 Å². The minimum absolute atomic E-state index is 0.175. The molecule has 2 aromatic rings. The zero-order chi connectivity index (χ0) is 14.0. The number of hydrogen-bond acceptors (Lipinski definition) is 1. The van der Waals surface area contributed by atoms with Crippen LogP contribution < -0.4 is 5.32 Å². The highest BCUT2D eigenvalue weighted by Gasteiger charge is 2.13. The number of hydrogen-bond donors (Lipinski definition) is 1. The van der Waals surface area contributed by atoms with Crippen molar-refractivity contribution < 1.29 is 9.18 Å². The van der Waals surface area contributed by atoms with E-state index in [1.165, 1.54) is 12.1 Å². The third-order valence-electron chi connectivity index (χ3n) is 2.63. The van der Waals surface area contributed by atoms with Crippen LogP contribution in [0.3, 0.4) is 0 Å². The number of aryl methyl sites for hydroxylation is 1. The van der Waals surface area contributed by atoms with Gasteiger partial charge in [-0.15, -0.1) is 0 Å². The molecule has 0 heterocycles. The fourth-order valence-electron chi connectivity index (χ4n) is 1.55. The third kappa shape index (κ3) is 3.33. The summed E-state index contributed by atoms with van der Waals surface area (Å²) in [7, 11) is 0. The smallest absolute Gasteiger partial charge is 0.256 e. The second-order valence-corrected chi connectivity index (χ2v) is 5.97. The van der Waals surface area contributed by atoms with Gasteiger partial charge in [0.15, 0.2) is 0 Å². The summed E-state index contributed by atoms with van der Waals surface area (Å²) in [4.78, 5) is 12.1. The van der Waals surface area contributed by atoms with Crippen LogP contribution in [-0.2, 0) is 0 Å². The Bertz CT molecular complexity index is 645. The molecule has 2 nitrogen and oxygen atoms in total. The van der Waals surface area contributed by atoms with E-state index in [1.807, 2.05) is 25.1 Å². The van der Waals surface area contributed by atoms with E-state index in [0.717, 1.165) is 9.13 Å². The van der Waals surface area contributed by atoms with Gasteiger partial charge in [-0.25, -0.2) is 4.39 Å². The van der Waals surface area contributed by atoms with Gasteiger partial charge in [-0.3, -0.25) is 4.79 Å². The van der Waals surface area contributed by atoms with E-state index in [0.29, 0.717) is 5.69 Å². The molecule has 2 aromatic carbocycles. The Labute approximate surface area is 132 Å². The molecule has 1 amide bonds. The maximum atomic E-state index is 13.4. The van der Waals surface area contributed by atoms with Crippen LogP contribution in [0.25, 0.3) is 0 Å². The van der Waals surface area contributed by atoms with Gasteiger partial charge < -0.3 is 5.32 Å². The van der Waals surface area contributed by atoms with Crippen molar-refractivity contribution in [1.29, 1.82) is 0 Å². The van der Waals surface area contributed by atoms with Crippen molar-refractivity contribution in [2.75, 3.05) is 5.32 Å². The summed E-state index contributed by atoms with van der Waals surface area (Å²) in [6.07, 6.45) is 0. The second kappa shape index (κ2) is 6.00. The van der Waals surface area contributed by atoms with Gasteiger partial charge in [0.05, 0.1) is 10.0 Å². The summed E-state index contributed by atoms with van der Waals surface area (Å²) < 4.78 is 14.6. The average Bonchev–Trinajstić information content (AvgIpc) is 2.37. The second-order valence-electron chi connectivity index (χ2n) is 4.02. The molecule has 0 aliphatic heterocycles. The zero-order valence-electron chi connectivity index (χ0n) is 10.0. The molecule has 0 unspecified atom stereocenters. The highest BCUT2D eigenvalue weighted by Crippen LogP contribution is 2.22. The molecule has 2 rings (SSSR count). The van der Waals surface area contributed by atoms with E-state index in [1.54, 1.807) is 6.07 Å². The molecule has 0 saturated heterocycles. The molecule has 0 aliphatic carbocycles. The molecule has 98 valence electrons. The minimum Gasteiger partial charge on any atom is -0.322 e. The third-order valence-corrected chi connectivity index (χ3v) is 4.59. The number of nitrogens with one attached hydrogen (secondary N) is 1. The van der Waals surface area contributed by atoms with E-state index in [9.17, 15) is 9.18 Å². The van der Waals surface area contributed by atoms with Crippen LogP contribution in [0.5, 0.6) is 0 Å². The highest BCUT2D eigenvalue weighted by molar-refractivity contribution is 14.1. The minimum atomic E-state index is -0.453. The molecule has 1 N–H and O–H groups in total. The summed E-state index contributed by atoms with van der Waals surface area (Å²) in [5.74, 6) is -0.794. The van der Waals surface area contributed by atoms with E-state index >= 15 is 0 Å². The van der Waals surface area contributed by atoms with E-state index in [-0.39, 0.29) is 15.9 Å². The highest BCUT2D eigenvalue weighted by atomic mass is 127. The lowest BCUT2D eigenvalue weighted by Crippen LogP contribution is -2.13. The Morgan fingerprint density at radius 1 is 1.32 bits per heavy atom. The molecule has 19 heavy (non-hydrogen) atoms. The lowest BCUT2D eigenvalue weighted by molar-refractivity contribution is 0.102. The normalized spacial score (nSPS) is 10.3. The molecular weight excluding hydrogens is 424 g/mol. The van der Waals surface area contributed by atoms with E-state index in [2.05, 4.69) is 43.8 Å². The van der Waals surface area contributed by atoms with Crippen LogP contribution in [0.15, 0.2) is 40.9 Å². The predicted octanol–water partition coefficient (Wildman–Crippen LogP) is 4.75. The van der Waals surface area contributed by atoms with E-state index < -0.39 is 5.82 Å². The standard InChI is InChI=1S/C14H10BrFINO/c1-8-5-6-9(7-12(8)17)18-14(19)10-3-2-4-11(16)13(10)15/h2-7H,1H3,(H,18,19). The van der Waals surface area contributed by atoms with Crippen LogP contribution in [0.4, 0.5) is 10.1 Å². The topological polar surface area (TPSA) is 29.1 Å². The molecule has 0 atom stereocenters. The monoisotopic (exact) mass is 433 g/mol. The Morgan fingerprint density at radius 3 is 2.74 bits per heavy atom. The molecule has 5 heteroatoms. The van der Waals surface area contributed by atoms with Crippen molar-refractivity contribution in [3.05, 3.63) is 61.4 Å². The Kier molecular flexibility index (Phi) is 4.57. The first-order valence-corrected chi connectivity index (χ1v) is 7.37. The number of amides is 1. The number of anilines is 1. The lowest BCUT2D eigenvalue weighted by atomic mass is 10.2. The van der Waals surface area contributed by atoms with Gasteiger partial charge in [0, 0.05) is 9.26 Å². The predicted molar refractivity (Wildman–Crippen MR) is 85.9 cm³/mol. The summed E-state index contributed by atoms with van der Waals surface area (Å²) in [6.45, 7) is 2.00. The summed E-state index contributed by atoms with van der Waals surface area (Å²) in [5.41, 5.74) is 2.11. The number of carbonyl (C=O) groups excluding carboxylic acids is 1. The number of halogens is 3. The summed E-state index contributed by atoms with van der Waals surface area (Å²) in [5, 5.41) is 2.75. The molecule has 0 fully saturated rings. The largest absolute Gasteiger partial charge is 0.322 e. The van der Waals surface area contributed by atoms with Crippen molar-refractivity contribution in [2.24, 2.45) is 0 Å². The first-order valence-electron chi connectivity index (χ1n) is 5.50. The molecule has 0 radical (unpaired) electrons. The fraction of sp³-hybridized carbons (Fsp3) is 0.0714. The van der Waals surface area contributed by atoms with Gasteiger partial charge in [-0.05, 0) is 75.3 Å². The van der Waals surface area contributed by atoms with Crippen molar-refractivity contribution in [2.45, 2.75) is 6.92 Å². The number of carbonyl (C=O) groups is 1. The van der Waals surface area contributed by atoms with Crippen LogP contribution in [-0.4, -0.2) is 5.91 Å². The molecule has 0 aromatic heterocycles. The van der Waals surface area contributed by atoms with Gasteiger partial charge >= 0.3 is 0 Å². The van der Waals surface area contributed by atoms with Crippen LogP contribution in [0.2, 0.25) is 0 Å². The van der Waals surface area contributed by atoms with Gasteiger partial charge in [0.25, 0.3) is 5.91 Å². The molecule has 0 bridgehead atoms. The SMILES string of the molecule is Cc1ccc(NC(=O)c2cccc(F)c2Br)cc1I. The summed E-state index contributed by atoms with van der Waals surface area (Å²) in [6, 6.07) is 10.0. The van der Waals surface area contributed by atoms with Gasteiger partial charge in [0.1, 0.15) is 5.82 Å². The van der Waals surface area contributed by atoms with Crippen molar-refractivity contribution in [3.63, 3.8) is 0 Å². The molecule has 0 aliphatic rings. The fourth-order valence-corrected chi connectivity index (χ4v) is 2.51. The van der Waals surface area contributed by atoms with Gasteiger partial charge in [-0.1, -0.05) is 12.1 Å². The molecular formula is C14H10BrFINO. The number of benzene rings is 2. The zero-order valence-corrected chi connectivity index (χ0v) is 13.7. The first-order chi connectivity index (χ1) is 8.99. The lowest BCUT2D eigenvalue weighted by Gasteiger charge is -2.08. The average molecular weight is 434 g/mol. The van der Waals surface area contributed by atoms with Gasteiger partial charge in [0.2, 0.25) is 0 Å². The maximum Gasteiger partial charge on any atom is 0.256 e. The van der Waals surface area contributed by atoms with Crippen LogP contribution in [0, 0.1) is 16.3 Å². The number of rotatable bonds is 2. The van der Waals surface area contributed by atoms with Gasteiger partial charge in [-0.2, -0.15) is 0 Å². The Morgan fingerprint density at radius 2 is 2.05 bits per heavy atom. The van der Waals surface area contributed by atoms with Crippen LogP contribution >= 0.6 is 38.5 Å². The Balaban J connectivity index is 2.26. The summed E-state index contributed by atoms with van der Waals surface area (Å²) >= 11 is 5.29.